The zero-order valence-corrected chi connectivity index (χ0v) is 14.5. The van der Waals surface area contributed by atoms with Crippen LogP contribution >= 0.6 is 22.9 Å². The second-order valence-corrected chi connectivity index (χ2v) is 7.36. The molecule has 1 saturated carbocycles. The van der Waals surface area contributed by atoms with Gasteiger partial charge in [0.25, 0.3) is 0 Å². The highest BCUT2D eigenvalue weighted by Crippen LogP contribution is 2.38. The Morgan fingerprint density at radius 3 is 2.61 bits per heavy atom. The van der Waals surface area contributed by atoms with Crippen LogP contribution in [-0.4, -0.2) is 16.0 Å². The molecule has 3 nitrogen and oxygen atoms in total. The molecule has 0 atom stereocenters. The summed E-state index contributed by atoms with van der Waals surface area (Å²) in [4.78, 5) is 9.84. The quantitative estimate of drug-likeness (QED) is 0.622. The normalized spacial score (nSPS) is 15.4. The van der Waals surface area contributed by atoms with E-state index in [1.807, 2.05) is 0 Å². The van der Waals surface area contributed by atoms with Crippen molar-refractivity contribution in [1.29, 1.82) is 0 Å². The molecule has 0 aliphatic heterocycles. The Bertz CT molecular complexity index is 835. The average Bonchev–Trinajstić information content (AvgIpc) is 3.17. The molecule has 2 aromatic heterocycles. The van der Waals surface area contributed by atoms with Gasteiger partial charge >= 0.3 is 0 Å². The number of hydrogen-bond acceptors (Lipinski definition) is 4. The van der Waals surface area contributed by atoms with Gasteiger partial charge in [-0.25, -0.2) is 9.97 Å². The lowest BCUT2D eigenvalue weighted by Crippen LogP contribution is -2.16. The fraction of sp³-hybridized carbons (Fsp3) is 0.333. The zero-order chi connectivity index (χ0) is 15.8. The van der Waals surface area contributed by atoms with Gasteiger partial charge in [0.2, 0.25) is 5.28 Å². The van der Waals surface area contributed by atoms with E-state index in [4.69, 9.17) is 11.6 Å². The van der Waals surface area contributed by atoms with Crippen LogP contribution in [0.4, 0.5) is 5.82 Å². The number of halogens is 1. The Balaban J connectivity index is 1.83. The number of fused-ring (bicyclic) bond motifs is 1. The van der Waals surface area contributed by atoms with Gasteiger partial charge in [-0.2, -0.15) is 0 Å². The third kappa shape index (κ3) is 2.93. The third-order valence-electron chi connectivity index (χ3n) is 4.46. The van der Waals surface area contributed by atoms with E-state index in [9.17, 15) is 0 Å². The molecular formula is C18H18ClN3S. The monoisotopic (exact) mass is 343 g/mol. The summed E-state index contributed by atoms with van der Waals surface area (Å²) in [5, 5.41) is 7.16. The van der Waals surface area contributed by atoms with Crippen LogP contribution in [0.15, 0.2) is 29.6 Å². The highest BCUT2D eigenvalue weighted by atomic mass is 35.5. The van der Waals surface area contributed by atoms with E-state index < -0.39 is 0 Å². The number of hydrogen-bond donors (Lipinski definition) is 1. The van der Waals surface area contributed by atoms with Crippen LogP contribution in [-0.2, 0) is 0 Å². The zero-order valence-electron chi connectivity index (χ0n) is 13.0. The molecule has 1 aromatic carbocycles. The average molecular weight is 344 g/mol. The molecule has 3 aromatic rings. The minimum absolute atomic E-state index is 0.315. The van der Waals surface area contributed by atoms with Gasteiger partial charge in [0.05, 0.1) is 5.39 Å². The molecule has 118 valence electrons. The number of rotatable bonds is 3. The fourth-order valence-corrected chi connectivity index (χ4v) is 4.40. The number of aryl methyl sites for hydroxylation is 1. The lowest BCUT2D eigenvalue weighted by molar-refractivity contribution is 0.751. The summed E-state index contributed by atoms with van der Waals surface area (Å²) >= 11 is 7.75. The Morgan fingerprint density at radius 1 is 1.13 bits per heavy atom. The highest BCUT2D eigenvalue weighted by Gasteiger charge is 2.20. The molecule has 0 saturated heterocycles. The molecule has 0 spiro atoms. The van der Waals surface area contributed by atoms with Crippen LogP contribution in [0.1, 0.15) is 31.2 Å². The SMILES string of the molecule is Cc1ccc(-c2csc3nc(Cl)nc(NC4CCCC4)c23)cc1. The molecular weight excluding hydrogens is 326 g/mol. The molecule has 0 unspecified atom stereocenters. The second-order valence-electron chi connectivity index (χ2n) is 6.16. The Morgan fingerprint density at radius 2 is 1.87 bits per heavy atom. The summed E-state index contributed by atoms with van der Waals surface area (Å²) in [5.74, 6) is 0.878. The number of thiophene rings is 1. The predicted molar refractivity (Wildman–Crippen MR) is 98.5 cm³/mol. The molecule has 0 radical (unpaired) electrons. The van der Waals surface area contributed by atoms with E-state index in [0.717, 1.165) is 16.0 Å². The van der Waals surface area contributed by atoms with Crippen molar-refractivity contribution >= 4 is 39.0 Å². The van der Waals surface area contributed by atoms with Crippen molar-refractivity contribution < 1.29 is 0 Å². The fourth-order valence-electron chi connectivity index (χ4n) is 3.23. The third-order valence-corrected chi connectivity index (χ3v) is 5.51. The molecule has 5 heteroatoms. The van der Waals surface area contributed by atoms with Crippen LogP contribution < -0.4 is 5.32 Å². The molecule has 2 heterocycles. The molecule has 23 heavy (non-hydrogen) atoms. The predicted octanol–water partition coefficient (Wildman–Crippen LogP) is 5.67. The van der Waals surface area contributed by atoms with E-state index in [1.165, 1.54) is 42.4 Å². The van der Waals surface area contributed by atoms with Gasteiger partial charge in [-0.1, -0.05) is 42.7 Å². The number of nitrogens with zero attached hydrogens (tertiary/aromatic N) is 2. The van der Waals surface area contributed by atoms with Crippen molar-refractivity contribution in [3.63, 3.8) is 0 Å². The van der Waals surface area contributed by atoms with Crippen molar-refractivity contribution in [2.24, 2.45) is 0 Å². The van der Waals surface area contributed by atoms with E-state index in [1.54, 1.807) is 11.3 Å². The van der Waals surface area contributed by atoms with Gasteiger partial charge in [0, 0.05) is 17.0 Å². The van der Waals surface area contributed by atoms with Crippen molar-refractivity contribution in [2.45, 2.75) is 38.6 Å². The first-order valence-electron chi connectivity index (χ1n) is 7.99. The molecule has 1 aliphatic rings. The van der Waals surface area contributed by atoms with Crippen LogP contribution in [0.2, 0.25) is 5.28 Å². The maximum Gasteiger partial charge on any atom is 0.225 e. The molecule has 1 fully saturated rings. The molecule has 0 amide bonds. The smallest absolute Gasteiger partial charge is 0.225 e. The van der Waals surface area contributed by atoms with Gasteiger partial charge in [-0.05, 0) is 36.9 Å². The van der Waals surface area contributed by atoms with Crippen molar-refractivity contribution in [3.8, 4) is 11.1 Å². The van der Waals surface area contributed by atoms with E-state index in [0.29, 0.717) is 11.3 Å². The first-order chi connectivity index (χ1) is 11.2. The van der Waals surface area contributed by atoms with Crippen molar-refractivity contribution in [3.05, 3.63) is 40.5 Å². The lowest BCUT2D eigenvalue weighted by atomic mass is 10.0. The molecule has 0 bridgehead atoms. The largest absolute Gasteiger partial charge is 0.367 e. The Kier molecular flexibility index (Phi) is 3.95. The first-order valence-corrected chi connectivity index (χ1v) is 9.25. The van der Waals surface area contributed by atoms with E-state index in [-0.39, 0.29) is 0 Å². The number of anilines is 1. The lowest BCUT2D eigenvalue weighted by Gasteiger charge is -2.14. The Labute approximate surface area is 144 Å². The number of nitrogens with one attached hydrogen (secondary N) is 1. The minimum Gasteiger partial charge on any atom is -0.367 e. The summed E-state index contributed by atoms with van der Waals surface area (Å²) in [7, 11) is 0. The minimum atomic E-state index is 0.315. The molecule has 1 aliphatic carbocycles. The summed E-state index contributed by atoms with van der Waals surface area (Å²) in [6, 6.07) is 9.09. The van der Waals surface area contributed by atoms with Gasteiger partial charge in [0.1, 0.15) is 10.6 Å². The van der Waals surface area contributed by atoms with Crippen molar-refractivity contribution in [1.82, 2.24) is 9.97 Å². The summed E-state index contributed by atoms with van der Waals surface area (Å²) in [6.45, 7) is 2.10. The van der Waals surface area contributed by atoms with E-state index in [2.05, 4.69) is 51.9 Å². The maximum atomic E-state index is 6.13. The van der Waals surface area contributed by atoms with Crippen molar-refractivity contribution in [2.75, 3.05) is 5.32 Å². The number of aromatic nitrogens is 2. The highest BCUT2D eigenvalue weighted by molar-refractivity contribution is 7.17. The first kappa shape index (κ1) is 14.9. The van der Waals surface area contributed by atoms with Gasteiger partial charge < -0.3 is 5.32 Å². The summed E-state index contributed by atoms with van der Waals surface area (Å²) < 4.78 is 0. The van der Waals surface area contributed by atoms with Crippen LogP contribution in [0, 0.1) is 6.92 Å². The Hall–Kier alpha value is -1.65. The molecule has 4 rings (SSSR count). The maximum absolute atomic E-state index is 6.13. The van der Waals surface area contributed by atoms with Gasteiger partial charge in [-0.15, -0.1) is 11.3 Å². The van der Waals surface area contributed by atoms with Crippen LogP contribution in [0.5, 0.6) is 0 Å². The van der Waals surface area contributed by atoms with Gasteiger partial charge in [0.15, 0.2) is 0 Å². The topological polar surface area (TPSA) is 37.8 Å². The van der Waals surface area contributed by atoms with Crippen LogP contribution in [0.3, 0.4) is 0 Å². The standard InChI is InChI=1S/C18H18ClN3S/c1-11-6-8-12(9-7-11)14-10-23-17-15(14)16(21-18(19)22-17)20-13-4-2-3-5-13/h6-10,13H,2-5H2,1H3,(H,20,21,22). The number of benzene rings is 1. The van der Waals surface area contributed by atoms with Gasteiger partial charge in [-0.3, -0.25) is 0 Å². The summed E-state index contributed by atoms with van der Waals surface area (Å²) in [6.07, 6.45) is 4.97. The second kappa shape index (κ2) is 6.10. The molecule has 1 N–H and O–H groups in total. The van der Waals surface area contributed by atoms with Crippen LogP contribution in [0.25, 0.3) is 21.3 Å². The summed E-state index contributed by atoms with van der Waals surface area (Å²) in [5.41, 5.74) is 3.64. The van der Waals surface area contributed by atoms with E-state index >= 15 is 0 Å².